The average Bonchev–Trinajstić information content (AvgIpc) is 2.03. The molecular formula is C7H13NO5. The van der Waals surface area contributed by atoms with Gasteiger partial charge in [-0.3, -0.25) is 4.79 Å². The third-order valence-corrected chi connectivity index (χ3v) is 1.59. The molecule has 0 aliphatic carbocycles. The van der Waals surface area contributed by atoms with Crippen molar-refractivity contribution >= 4 is 11.9 Å². The van der Waals surface area contributed by atoms with E-state index in [0.717, 1.165) is 0 Å². The smallest absolute Gasteiger partial charge is 0.332 e. The molecule has 0 unspecified atom stereocenters. The van der Waals surface area contributed by atoms with E-state index in [1.165, 1.54) is 0 Å². The zero-order chi connectivity index (χ0) is 10.4. The zero-order valence-corrected chi connectivity index (χ0v) is 7.01. The van der Waals surface area contributed by atoms with Crippen molar-refractivity contribution in [3.63, 3.8) is 0 Å². The number of aliphatic carboxylic acids is 2. The van der Waals surface area contributed by atoms with Crippen LogP contribution in [0.2, 0.25) is 0 Å². The molecule has 0 radical (unpaired) electrons. The molecule has 0 rings (SSSR count). The summed E-state index contributed by atoms with van der Waals surface area (Å²) in [5, 5.41) is 25.4. The first-order valence-corrected chi connectivity index (χ1v) is 3.84. The topological polar surface area (TPSA) is 121 Å². The van der Waals surface area contributed by atoms with Crippen molar-refractivity contribution in [1.29, 1.82) is 0 Å². The first-order chi connectivity index (χ1) is 5.95. The molecule has 0 saturated heterocycles. The largest absolute Gasteiger partial charge is 0.480 e. The molecule has 0 aromatic carbocycles. The van der Waals surface area contributed by atoms with E-state index < -0.39 is 24.1 Å². The molecule has 0 heterocycles. The van der Waals surface area contributed by atoms with Crippen LogP contribution in [0.1, 0.15) is 19.3 Å². The highest BCUT2D eigenvalue weighted by Gasteiger charge is 2.15. The second kappa shape index (κ2) is 5.50. The lowest BCUT2D eigenvalue weighted by atomic mass is 10.1. The van der Waals surface area contributed by atoms with Crippen molar-refractivity contribution in [2.45, 2.75) is 31.4 Å². The fourth-order valence-electron chi connectivity index (χ4n) is 0.778. The maximum atomic E-state index is 10.2. The molecule has 0 aromatic heterocycles. The lowest BCUT2D eigenvalue weighted by Gasteiger charge is -2.07. The molecule has 76 valence electrons. The average molecular weight is 191 g/mol. The van der Waals surface area contributed by atoms with Gasteiger partial charge in [-0.1, -0.05) is 0 Å². The van der Waals surface area contributed by atoms with Crippen molar-refractivity contribution in [2.24, 2.45) is 5.73 Å². The molecule has 0 aliphatic heterocycles. The van der Waals surface area contributed by atoms with Gasteiger partial charge in [0, 0.05) is 0 Å². The van der Waals surface area contributed by atoms with Crippen LogP contribution in [0.3, 0.4) is 0 Å². The van der Waals surface area contributed by atoms with E-state index in [1.54, 1.807) is 0 Å². The Hall–Kier alpha value is -1.14. The zero-order valence-electron chi connectivity index (χ0n) is 7.01. The van der Waals surface area contributed by atoms with Crippen molar-refractivity contribution < 1.29 is 24.9 Å². The molecule has 13 heavy (non-hydrogen) atoms. The van der Waals surface area contributed by atoms with Crippen LogP contribution in [-0.2, 0) is 9.59 Å². The van der Waals surface area contributed by atoms with Crippen molar-refractivity contribution in [3.8, 4) is 0 Å². The van der Waals surface area contributed by atoms with Gasteiger partial charge in [-0.15, -0.1) is 0 Å². The molecule has 0 fully saturated rings. The van der Waals surface area contributed by atoms with E-state index in [2.05, 4.69) is 0 Å². The molecule has 0 aromatic rings. The monoisotopic (exact) mass is 191 g/mol. The van der Waals surface area contributed by atoms with Gasteiger partial charge < -0.3 is 21.1 Å². The highest BCUT2D eigenvalue weighted by molar-refractivity contribution is 5.73. The van der Waals surface area contributed by atoms with Gasteiger partial charge in [0.05, 0.1) is 0 Å². The number of carbonyl (C=O) groups is 2. The van der Waals surface area contributed by atoms with Crippen molar-refractivity contribution in [3.05, 3.63) is 0 Å². The minimum Gasteiger partial charge on any atom is -0.480 e. The Morgan fingerprint density at radius 1 is 1.15 bits per heavy atom. The van der Waals surface area contributed by atoms with Crippen LogP contribution in [0, 0.1) is 0 Å². The Kier molecular flexibility index (Phi) is 5.01. The fourth-order valence-corrected chi connectivity index (χ4v) is 0.778. The van der Waals surface area contributed by atoms with Gasteiger partial charge in [0.1, 0.15) is 6.04 Å². The Morgan fingerprint density at radius 3 is 2.08 bits per heavy atom. The number of nitrogens with two attached hydrogens (primary N) is 1. The standard InChI is InChI=1S/C7H13NO5/c8-4(6(10)11)2-1-3-5(9)7(12)13/h4-5,9H,1-3,8H2,(H,10,11)(H,12,13)/t4-,5+/m0/s1. The van der Waals surface area contributed by atoms with Crippen LogP contribution >= 0.6 is 0 Å². The van der Waals surface area contributed by atoms with Gasteiger partial charge in [0.25, 0.3) is 0 Å². The van der Waals surface area contributed by atoms with Crippen LogP contribution in [-0.4, -0.2) is 39.4 Å². The minimum absolute atomic E-state index is 0.0241. The Morgan fingerprint density at radius 2 is 1.69 bits per heavy atom. The molecule has 0 spiro atoms. The minimum atomic E-state index is -1.43. The van der Waals surface area contributed by atoms with E-state index >= 15 is 0 Å². The van der Waals surface area contributed by atoms with Gasteiger partial charge in [0.2, 0.25) is 0 Å². The fraction of sp³-hybridized carbons (Fsp3) is 0.714. The van der Waals surface area contributed by atoms with Gasteiger partial charge in [-0.2, -0.15) is 0 Å². The summed E-state index contributed by atoms with van der Waals surface area (Å²) in [6.07, 6.45) is -0.960. The Bertz CT molecular complexity index is 173. The summed E-state index contributed by atoms with van der Waals surface area (Å²) < 4.78 is 0. The quantitative estimate of drug-likeness (QED) is 0.428. The summed E-state index contributed by atoms with van der Waals surface area (Å²) in [5.74, 6) is -2.42. The number of hydrogen-bond donors (Lipinski definition) is 4. The number of rotatable bonds is 6. The second-order valence-corrected chi connectivity index (χ2v) is 2.73. The van der Waals surface area contributed by atoms with E-state index in [4.69, 9.17) is 21.1 Å². The highest BCUT2D eigenvalue weighted by Crippen LogP contribution is 2.03. The number of aliphatic hydroxyl groups excluding tert-OH is 1. The van der Waals surface area contributed by atoms with E-state index in [0.29, 0.717) is 0 Å². The second-order valence-electron chi connectivity index (χ2n) is 2.73. The molecule has 0 saturated carbocycles. The lowest BCUT2D eigenvalue weighted by Crippen LogP contribution is -2.30. The van der Waals surface area contributed by atoms with Crippen LogP contribution in [0.4, 0.5) is 0 Å². The van der Waals surface area contributed by atoms with Crippen LogP contribution < -0.4 is 5.73 Å². The molecule has 0 aliphatic rings. The van der Waals surface area contributed by atoms with E-state index in [9.17, 15) is 9.59 Å². The first-order valence-electron chi connectivity index (χ1n) is 3.84. The predicted molar refractivity (Wildman–Crippen MR) is 43.1 cm³/mol. The summed E-state index contributed by atoms with van der Waals surface area (Å²) in [7, 11) is 0. The number of aliphatic hydroxyl groups is 1. The molecule has 5 N–H and O–H groups in total. The number of carboxylic acid groups (broad SMARTS) is 2. The van der Waals surface area contributed by atoms with E-state index in [-0.39, 0.29) is 19.3 Å². The van der Waals surface area contributed by atoms with Crippen LogP contribution in [0.25, 0.3) is 0 Å². The Labute approximate surface area is 75.0 Å². The van der Waals surface area contributed by atoms with Gasteiger partial charge in [0.15, 0.2) is 6.10 Å². The summed E-state index contributed by atoms with van der Waals surface area (Å²) >= 11 is 0. The van der Waals surface area contributed by atoms with Crippen LogP contribution in [0.5, 0.6) is 0 Å². The maximum absolute atomic E-state index is 10.2. The summed E-state index contributed by atoms with van der Waals surface area (Å²) in [6.45, 7) is 0. The number of carboxylic acids is 2. The SMILES string of the molecule is N[C@@H](CCC[C@@H](O)C(=O)O)C(=O)O. The number of hydrogen-bond acceptors (Lipinski definition) is 4. The third-order valence-electron chi connectivity index (χ3n) is 1.59. The van der Waals surface area contributed by atoms with Crippen LogP contribution in [0.15, 0.2) is 0 Å². The third kappa shape index (κ3) is 5.15. The molecular weight excluding hydrogens is 178 g/mol. The molecule has 2 atom stereocenters. The molecule has 0 amide bonds. The van der Waals surface area contributed by atoms with Gasteiger partial charge >= 0.3 is 11.9 Å². The first kappa shape index (κ1) is 11.9. The normalized spacial score (nSPS) is 14.9. The summed E-state index contributed by atoms with van der Waals surface area (Å²) in [6, 6.07) is -0.985. The van der Waals surface area contributed by atoms with Gasteiger partial charge in [-0.05, 0) is 19.3 Å². The van der Waals surface area contributed by atoms with Gasteiger partial charge in [-0.25, -0.2) is 4.79 Å². The maximum Gasteiger partial charge on any atom is 0.332 e. The molecule has 0 bridgehead atoms. The molecule has 6 heteroatoms. The molecule has 6 nitrogen and oxygen atoms in total. The highest BCUT2D eigenvalue weighted by atomic mass is 16.4. The van der Waals surface area contributed by atoms with Crippen molar-refractivity contribution in [2.75, 3.05) is 0 Å². The van der Waals surface area contributed by atoms with Crippen molar-refractivity contribution in [1.82, 2.24) is 0 Å². The van der Waals surface area contributed by atoms with E-state index in [1.807, 2.05) is 0 Å². The Balaban J connectivity index is 3.56. The summed E-state index contributed by atoms with van der Waals surface area (Å²) in [5.41, 5.74) is 5.15. The summed E-state index contributed by atoms with van der Waals surface area (Å²) in [4.78, 5) is 20.3. The lowest BCUT2D eigenvalue weighted by molar-refractivity contribution is -0.146. The predicted octanol–water partition coefficient (Wildman–Crippen LogP) is -0.986.